The summed E-state index contributed by atoms with van der Waals surface area (Å²) in [6.45, 7) is 7.93. The summed E-state index contributed by atoms with van der Waals surface area (Å²) in [5, 5.41) is 10.7. The van der Waals surface area contributed by atoms with Gasteiger partial charge in [0.1, 0.15) is 0 Å². The quantitative estimate of drug-likeness (QED) is 0.319. The zero-order chi connectivity index (χ0) is 30.4. The van der Waals surface area contributed by atoms with Crippen molar-refractivity contribution in [1.82, 2.24) is 29.7 Å². The summed E-state index contributed by atoms with van der Waals surface area (Å²) in [7, 11) is 0. The second kappa shape index (κ2) is 13.4. The number of aromatic nitrogens is 3. The summed E-state index contributed by atoms with van der Waals surface area (Å²) < 4.78 is 39.1. The molecule has 2 N–H and O–H groups in total. The average molecular weight is 596 g/mol. The molecular formula is C31H36F3N7O2. The highest BCUT2D eigenvalue weighted by atomic mass is 19.4. The Bertz CT molecular complexity index is 1480. The second-order valence-corrected chi connectivity index (χ2v) is 11.0. The summed E-state index contributed by atoms with van der Waals surface area (Å²) in [5.41, 5.74) is 3.72. The number of hydrogen-bond donors (Lipinski definition) is 2. The minimum Gasteiger partial charge on any atom is -0.351 e. The molecule has 0 bridgehead atoms. The number of nitrogens with one attached hydrogen (secondary N) is 2. The fourth-order valence-corrected chi connectivity index (χ4v) is 5.51. The Hall–Kier alpha value is -4.19. The van der Waals surface area contributed by atoms with Gasteiger partial charge in [-0.25, -0.2) is 4.52 Å². The normalized spacial score (nSPS) is 17.9. The van der Waals surface area contributed by atoms with Gasteiger partial charge in [0, 0.05) is 62.2 Å². The van der Waals surface area contributed by atoms with Crippen LogP contribution in [0.15, 0.2) is 61.3 Å². The van der Waals surface area contributed by atoms with Gasteiger partial charge in [-0.05, 0) is 73.7 Å². The number of hydrogen-bond acceptors (Lipinski definition) is 6. The number of carbonyl (C=O) groups is 2. The van der Waals surface area contributed by atoms with Crippen LogP contribution in [0, 0.1) is 5.92 Å². The summed E-state index contributed by atoms with van der Waals surface area (Å²) in [5.74, 6) is 0.278. The van der Waals surface area contributed by atoms with Gasteiger partial charge >= 0.3 is 6.18 Å². The van der Waals surface area contributed by atoms with Crippen LogP contribution in [0.2, 0.25) is 0 Å². The molecule has 0 radical (unpaired) electrons. The molecule has 12 heteroatoms. The number of likely N-dealkylation sites (tertiary alicyclic amines) is 1. The van der Waals surface area contributed by atoms with Crippen LogP contribution in [-0.4, -0.2) is 81.7 Å². The number of pyridine rings is 1. The SMILES string of the molecule is C=C[C@H]1CCCN(CCNC(=O)c2ccc(Nc3nc4c(C5=CCN(C(=O)CCC(F)(F)F)CC5)cccn4n3)cc2)C1. The molecule has 1 fully saturated rings. The van der Waals surface area contributed by atoms with E-state index in [1.807, 2.05) is 24.3 Å². The fraction of sp³-hybridized carbons (Fsp3) is 0.419. The third-order valence-electron chi connectivity index (χ3n) is 7.88. The van der Waals surface area contributed by atoms with E-state index < -0.39 is 24.9 Å². The van der Waals surface area contributed by atoms with Crippen LogP contribution in [-0.2, 0) is 4.79 Å². The van der Waals surface area contributed by atoms with E-state index in [4.69, 9.17) is 0 Å². The molecule has 2 aliphatic rings. The molecule has 4 heterocycles. The summed E-state index contributed by atoms with van der Waals surface area (Å²) in [6, 6.07) is 10.9. The number of amides is 2. The summed E-state index contributed by atoms with van der Waals surface area (Å²) in [6.07, 6.45) is 2.49. The second-order valence-electron chi connectivity index (χ2n) is 11.0. The third kappa shape index (κ3) is 8.01. The van der Waals surface area contributed by atoms with Crippen LogP contribution in [0.1, 0.15) is 48.0 Å². The van der Waals surface area contributed by atoms with Crippen molar-refractivity contribution in [1.29, 1.82) is 0 Å². The minimum atomic E-state index is -4.35. The Kier molecular flexibility index (Phi) is 9.44. The van der Waals surface area contributed by atoms with Crippen molar-refractivity contribution in [3.05, 3.63) is 72.5 Å². The number of alkyl halides is 3. The molecule has 228 valence electrons. The number of anilines is 2. The van der Waals surface area contributed by atoms with Crippen molar-refractivity contribution in [2.24, 2.45) is 5.92 Å². The molecule has 0 unspecified atom stereocenters. The Morgan fingerprint density at radius 2 is 1.95 bits per heavy atom. The Morgan fingerprint density at radius 1 is 1.14 bits per heavy atom. The number of carbonyl (C=O) groups excluding carboxylic acids is 2. The van der Waals surface area contributed by atoms with Gasteiger partial charge in [0.05, 0.1) is 6.42 Å². The molecule has 1 aromatic carbocycles. The van der Waals surface area contributed by atoms with E-state index in [1.165, 1.54) is 11.3 Å². The average Bonchev–Trinajstić information content (AvgIpc) is 3.42. The van der Waals surface area contributed by atoms with E-state index in [-0.39, 0.29) is 12.5 Å². The number of piperidine rings is 1. The van der Waals surface area contributed by atoms with Crippen LogP contribution >= 0.6 is 0 Å². The van der Waals surface area contributed by atoms with Crippen molar-refractivity contribution in [3.8, 4) is 0 Å². The van der Waals surface area contributed by atoms with Crippen molar-refractivity contribution in [3.63, 3.8) is 0 Å². The summed E-state index contributed by atoms with van der Waals surface area (Å²) in [4.78, 5) is 33.3. The minimum absolute atomic E-state index is 0.124. The first-order chi connectivity index (χ1) is 20.7. The van der Waals surface area contributed by atoms with E-state index in [1.54, 1.807) is 35.0 Å². The lowest BCUT2D eigenvalue weighted by Crippen LogP contribution is -2.40. The molecule has 0 aliphatic carbocycles. The van der Waals surface area contributed by atoms with Gasteiger partial charge in [0.2, 0.25) is 11.9 Å². The number of fused-ring (bicyclic) bond motifs is 1. The maximum Gasteiger partial charge on any atom is 0.389 e. The van der Waals surface area contributed by atoms with Crippen LogP contribution in [0.25, 0.3) is 11.2 Å². The molecule has 2 aromatic heterocycles. The largest absolute Gasteiger partial charge is 0.389 e. The van der Waals surface area contributed by atoms with Crippen LogP contribution in [0.4, 0.5) is 24.8 Å². The molecule has 0 saturated carbocycles. The maximum atomic E-state index is 12.6. The van der Waals surface area contributed by atoms with E-state index in [9.17, 15) is 22.8 Å². The topological polar surface area (TPSA) is 94.9 Å². The summed E-state index contributed by atoms with van der Waals surface area (Å²) >= 11 is 0. The van der Waals surface area contributed by atoms with E-state index in [0.29, 0.717) is 42.6 Å². The molecular weight excluding hydrogens is 559 g/mol. The number of nitrogens with zero attached hydrogens (tertiary/aromatic N) is 5. The van der Waals surface area contributed by atoms with Gasteiger partial charge in [-0.2, -0.15) is 18.2 Å². The monoisotopic (exact) mass is 595 g/mol. The standard InChI is InChI=1S/C31H36F3N7O2/c1-2-22-5-3-16-39(21-22)20-15-35-29(43)24-7-9-25(10-8-24)36-30-37-28-26(6-4-17-41(28)38-30)23-12-18-40(19-13-23)27(42)11-14-31(32,33)34/h2,4,6-10,12,17,22H,1,3,5,11,13-16,18-21H2,(H,35,43)(H,36,38)/t22-/m0/s1. The van der Waals surface area contributed by atoms with Gasteiger partial charge in [-0.15, -0.1) is 11.7 Å². The lowest BCUT2D eigenvalue weighted by molar-refractivity contribution is -0.148. The molecule has 1 saturated heterocycles. The van der Waals surface area contributed by atoms with Crippen molar-refractivity contribution in [2.45, 2.75) is 38.3 Å². The highest BCUT2D eigenvalue weighted by Gasteiger charge is 2.29. The van der Waals surface area contributed by atoms with Crippen LogP contribution < -0.4 is 10.6 Å². The Morgan fingerprint density at radius 3 is 2.67 bits per heavy atom. The molecule has 1 atom stereocenters. The Labute approximate surface area is 248 Å². The predicted molar refractivity (Wildman–Crippen MR) is 159 cm³/mol. The molecule has 9 nitrogen and oxygen atoms in total. The molecule has 3 aromatic rings. The van der Waals surface area contributed by atoms with E-state index in [2.05, 4.69) is 32.2 Å². The molecule has 43 heavy (non-hydrogen) atoms. The lowest BCUT2D eigenvalue weighted by Gasteiger charge is -2.31. The maximum absolute atomic E-state index is 12.6. The van der Waals surface area contributed by atoms with Crippen molar-refractivity contribution >= 4 is 34.7 Å². The fourth-order valence-electron chi connectivity index (χ4n) is 5.51. The van der Waals surface area contributed by atoms with E-state index in [0.717, 1.165) is 42.9 Å². The van der Waals surface area contributed by atoms with Gasteiger partial charge in [0.25, 0.3) is 5.91 Å². The van der Waals surface area contributed by atoms with Crippen LogP contribution in [0.3, 0.4) is 0 Å². The van der Waals surface area contributed by atoms with Gasteiger partial charge in [-0.3, -0.25) is 9.59 Å². The van der Waals surface area contributed by atoms with Gasteiger partial charge in [-0.1, -0.05) is 12.2 Å². The number of halogens is 3. The smallest absolute Gasteiger partial charge is 0.351 e. The van der Waals surface area contributed by atoms with Gasteiger partial charge in [0.15, 0.2) is 5.65 Å². The first-order valence-corrected chi connectivity index (χ1v) is 14.6. The predicted octanol–water partition coefficient (Wildman–Crippen LogP) is 5.06. The van der Waals surface area contributed by atoms with Gasteiger partial charge < -0.3 is 20.4 Å². The molecule has 0 spiro atoms. The Balaban J connectivity index is 1.16. The van der Waals surface area contributed by atoms with Crippen molar-refractivity contribution in [2.75, 3.05) is 44.6 Å². The zero-order valence-electron chi connectivity index (χ0n) is 23.9. The molecule has 2 amide bonds. The first-order valence-electron chi connectivity index (χ1n) is 14.6. The molecule has 5 rings (SSSR count). The van der Waals surface area contributed by atoms with Crippen LogP contribution in [0.5, 0.6) is 0 Å². The highest BCUT2D eigenvalue weighted by Crippen LogP contribution is 2.28. The third-order valence-corrected chi connectivity index (χ3v) is 7.88. The first kappa shape index (κ1) is 30.3. The van der Waals surface area contributed by atoms with E-state index >= 15 is 0 Å². The molecule has 2 aliphatic heterocycles. The lowest BCUT2D eigenvalue weighted by atomic mass is 9.98. The number of benzene rings is 1. The zero-order valence-corrected chi connectivity index (χ0v) is 23.9. The number of rotatable bonds is 10. The van der Waals surface area contributed by atoms with Crippen molar-refractivity contribution < 1.29 is 22.8 Å². The highest BCUT2D eigenvalue weighted by molar-refractivity contribution is 5.94.